The smallest absolute Gasteiger partial charge is 0.547 e. The Morgan fingerprint density at radius 2 is 1.07 bits per heavy atom. The van der Waals surface area contributed by atoms with Crippen LogP contribution in [0.1, 0.15) is 0 Å². The molecule has 0 fully saturated rings. The summed E-state index contributed by atoms with van der Waals surface area (Å²) in [5.74, 6) is -4.12. The Labute approximate surface area is 118 Å². The second kappa shape index (κ2) is 13.6. The number of carboxylic acids is 2. The quantitative estimate of drug-likeness (QED) is 0.485. The van der Waals surface area contributed by atoms with Gasteiger partial charge in [0.25, 0.3) is 0 Å². The monoisotopic (exact) mass is 327 g/mol. The first kappa shape index (κ1) is 29.3. The number of carboxylic acid groups (broad SMARTS) is 2. The van der Waals surface area contributed by atoms with Crippen LogP contribution in [-0.4, -0.2) is 69.2 Å². The predicted octanol–water partition coefficient (Wildman–Crippen LogP) is -9.82. The van der Waals surface area contributed by atoms with Crippen molar-refractivity contribution in [2.45, 2.75) is 12.2 Å². The number of rotatable bonds is 3. The number of hydrogen-bond acceptors (Lipinski definition) is 6. The van der Waals surface area contributed by atoms with Gasteiger partial charge in [0.1, 0.15) is 12.2 Å². The van der Waals surface area contributed by atoms with Crippen molar-refractivity contribution < 1.29 is 70.5 Å². The van der Waals surface area contributed by atoms with Gasteiger partial charge in [-0.1, -0.05) is 0 Å². The van der Waals surface area contributed by atoms with Gasteiger partial charge in [-0.2, -0.15) is 0 Å². The maximum absolute atomic E-state index is 9.63. The molecular weight excluding hydrogens is 318 g/mol. The van der Waals surface area contributed by atoms with Crippen molar-refractivity contribution in [1.82, 2.24) is 0 Å². The fourth-order valence-electron chi connectivity index (χ4n) is 0.258. The average Bonchev–Trinajstić information content (AvgIpc) is 1.84. The third-order valence-corrected chi connectivity index (χ3v) is 0.782. The van der Waals surface area contributed by atoms with Gasteiger partial charge in [-0.25, -0.2) is 0 Å². The summed E-state index contributed by atoms with van der Waals surface area (Å²) in [4.78, 5) is 19.3. The molecule has 0 rings (SSSR count). The maximum atomic E-state index is 9.63. The fraction of sp³-hybridized carbons (Fsp3) is 0.500. The molecule has 2 unspecified atom stereocenters. The van der Waals surface area contributed by atoms with Gasteiger partial charge in [-0.05, 0) is 0 Å². The Kier molecular flexibility index (Phi) is 28.4. The Morgan fingerprint density at radius 1 is 0.929 bits per heavy atom. The summed E-state index contributed by atoms with van der Waals surface area (Å²) >= 11 is 0. The number of hydrogen-bond donors (Lipinski definition) is 2. The van der Waals surface area contributed by atoms with Gasteiger partial charge >= 0.3 is 53.5 Å². The third kappa shape index (κ3) is 10.7. The molecule has 6 N–H and O–H groups in total. The third-order valence-electron chi connectivity index (χ3n) is 0.782. The molecular formula is C4H8NaO8Sn+3. The van der Waals surface area contributed by atoms with Crippen LogP contribution in [0.4, 0.5) is 0 Å². The number of carbonyl (C=O) groups excluding carboxylic acids is 2. The Balaban J connectivity index is -0.0000000675. The summed E-state index contributed by atoms with van der Waals surface area (Å²) in [6.45, 7) is 0. The first-order valence-corrected chi connectivity index (χ1v) is 2.24. The molecule has 0 aliphatic carbocycles. The summed E-state index contributed by atoms with van der Waals surface area (Å²) in [5, 5.41) is 35.7. The van der Waals surface area contributed by atoms with Crippen LogP contribution in [0.2, 0.25) is 0 Å². The normalized spacial score (nSPS) is 11.3. The summed E-state index contributed by atoms with van der Waals surface area (Å²) in [5.41, 5.74) is 0. The van der Waals surface area contributed by atoms with E-state index in [1.807, 2.05) is 0 Å². The van der Waals surface area contributed by atoms with Gasteiger partial charge in [0.05, 0.1) is 11.9 Å². The van der Waals surface area contributed by atoms with Gasteiger partial charge < -0.3 is 41.0 Å². The molecule has 0 aromatic heterocycles. The van der Waals surface area contributed by atoms with Crippen LogP contribution < -0.4 is 39.8 Å². The van der Waals surface area contributed by atoms with E-state index in [1.165, 1.54) is 0 Å². The molecule has 0 bridgehead atoms. The Morgan fingerprint density at radius 3 is 1.14 bits per heavy atom. The zero-order valence-corrected chi connectivity index (χ0v) is 12.0. The van der Waals surface area contributed by atoms with Crippen molar-refractivity contribution in [2.24, 2.45) is 0 Å². The summed E-state index contributed by atoms with van der Waals surface area (Å²) in [6, 6.07) is 0. The van der Waals surface area contributed by atoms with Gasteiger partial charge in [-0.15, -0.1) is 0 Å². The molecule has 0 aromatic carbocycles. The molecule has 8 nitrogen and oxygen atoms in total. The average molecular weight is 326 g/mol. The van der Waals surface area contributed by atoms with Gasteiger partial charge in [0, 0.05) is 0 Å². The van der Waals surface area contributed by atoms with Crippen molar-refractivity contribution in [3.8, 4) is 0 Å². The number of carbonyl (C=O) groups is 2. The van der Waals surface area contributed by atoms with Crippen molar-refractivity contribution >= 4 is 35.8 Å². The second-order valence-electron chi connectivity index (χ2n) is 1.53. The minimum atomic E-state index is -2.44. The second-order valence-corrected chi connectivity index (χ2v) is 1.53. The number of aliphatic hydroxyl groups is 2. The van der Waals surface area contributed by atoms with Crippen LogP contribution in [0.15, 0.2) is 0 Å². The Hall–Kier alpha value is 0.579. The van der Waals surface area contributed by atoms with Crippen molar-refractivity contribution in [2.75, 3.05) is 0 Å². The predicted molar refractivity (Wildman–Crippen MR) is 35.0 cm³/mol. The molecule has 0 heterocycles. The van der Waals surface area contributed by atoms with E-state index in [9.17, 15) is 19.8 Å². The van der Waals surface area contributed by atoms with E-state index in [2.05, 4.69) is 0 Å². The largest absolute Gasteiger partial charge is 4.00 e. The molecule has 0 saturated carbocycles. The van der Waals surface area contributed by atoms with E-state index < -0.39 is 24.1 Å². The maximum Gasteiger partial charge on any atom is 4.00 e. The first-order chi connectivity index (χ1) is 4.46. The fourth-order valence-corrected chi connectivity index (χ4v) is 0.258. The molecule has 0 aliphatic heterocycles. The first-order valence-electron chi connectivity index (χ1n) is 2.24. The molecule has 14 heavy (non-hydrogen) atoms. The summed E-state index contributed by atoms with van der Waals surface area (Å²) in [6.07, 6.45) is -4.88. The van der Waals surface area contributed by atoms with Crippen LogP contribution in [0.3, 0.4) is 0 Å². The number of aliphatic hydroxyl groups excluding tert-OH is 2. The standard InChI is InChI=1S/C4H6O6.Na.2H2O.Sn/c5-1(3(7)8)2(6)4(9)10;;;;/h1-2,5-6H,(H,7,8)(H,9,10);;2*1H2;/q;+1;;;+4/p-2. The SMILES string of the molecule is O.O.O=C([O-])C(O)C(O)C(=O)[O-].[Na+].[Sn+4]. The molecule has 0 amide bonds. The molecule has 74 valence electrons. The molecule has 0 aliphatic rings. The number of aliphatic carboxylic acids is 2. The van der Waals surface area contributed by atoms with E-state index >= 15 is 0 Å². The van der Waals surface area contributed by atoms with Crippen molar-refractivity contribution in [3.63, 3.8) is 0 Å². The van der Waals surface area contributed by atoms with Crippen LogP contribution in [0, 0.1) is 0 Å². The zero-order valence-electron chi connectivity index (χ0n) is 7.18. The summed E-state index contributed by atoms with van der Waals surface area (Å²) < 4.78 is 0. The van der Waals surface area contributed by atoms with E-state index in [4.69, 9.17) is 10.2 Å². The molecule has 0 spiro atoms. The zero-order chi connectivity index (χ0) is 8.31. The van der Waals surface area contributed by atoms with Crippen LogP contribution in [0.25, 0.3) is 0 Å². The molecule has 10 heteroatoms. The minimum Gasteiger partial charge on any atom is -0.547 e. The summed E-state index contributed by atoms with van der Waals surface area (Å²) in [7, 11) is 0. The van der Waals surface area contributed by atoms with Gasteiger partial charge in [0.2, 0.25) is 0 Å². The Bertz CT molecular complexity index is 145. The van der Waals surface area contributed by atoms with Crippen LogP contribution in [0.5, 0.6) is 0 Å². The van der Waals surface area contributed by atoms with Crippen molar-refractivity contribution in [1.29, 1.82) is 0 Å². The van der Waals surface area contributed by atoms with Crippen LogP contribution >= 0.6 is 0 Å². The van der Waals surface area contributed by atoms with Crippen LogP contribution in [-0.2, 0) is 9.59 Å². The van der Waals surface area contributed by atoms with E-state index in [0.717, 1.165) is 0 Å². The van der Waals surface area contributed by atoms with Crippen molar-refractivity contribution in [3.05, 3.63) is 0 Å². The van der Waals surface area contributed by atoms with Gasteiger partial charge in [0.15, 0.2) is 0 Å². The molecule has 0 saturated heterocycles. The minimum absolute atomic E-state index is 0. The van der Waals surface area contributed by atoms with Gasteiger partial charge in [-0.3, -0.25) is 0 Å². The molecule has 2 atom stereocenters. The van der Waals surface area contributed by atoms with E-state index in [1.54, 1.807) is 0 Å². The topological polar surface area (TPSA) is 184 Å². The van der Waals surface area contributed by atoms with E-state index in [0.29, 0.717) is 0 Å². The molecule has 0 radical (unpaired) electrons. The molecule has 0 aromatic rings. The van der Waals surface area contributed by atoms with E-state index in [-0.39, 0.29) is 64.4 Å².